The first kappa shape index (κ1) is 25.9. The number of hydrogen-bond donors (Lipinski definition) is 1. The highest BCUT2D eigenvalue weighted by Crippen LogP contribution is 2.37. The molecule has 1 aromatic heterocycles. The fourth-order valence-electron chi connectivity index (χ4n) is 6.53. The molecule has 2 saturated heterocycles. The van der Waals surface area contributed by atoms with Crippen molar-refractivity contribution in [2.75, 3.05) is 18.0 Å². The molecule has 2 unspecified atom stereocenters. The molecule has 5 rings (SSSR count). The van der Waals surface area contributed by atoms with Crippen molar-refractivity contribution < 1.29 is 14.7 Å². The molecule has 2 fully saturated rings. The van der Waals surface area contributed by atoms with E-state index in [1.807, 2.05) is 40.3 Å². The number of amides is 2. The lowest BCUT2D eigenvalue weighted by molar-refractivity contribution is -0.116. The Morgan fingerprint density at radius 2 is 1.73 bits per heavy atom. The van der Waals surface area contributed by atoms with Crippen molar-refractivity contribution in [1.29, 1.82) is 0 Å². The van der Waals surface area contributed by atoms with Crippen LogP contribution in [0.3, 0.4) is 0 Å². The quantitative estimate of drug-likeness (QED) is 0.665. The molecule has 2 aromatic rings. The smallest absolute Gasteiger partial charge is 0.254 e. The van der Waals surface area contributed by atoms with Gasteiger partial charge in [-0.15, -0.1) is 0 Å². The van der Waals surface area contributed by atoms with Gasteiger partial charge in [-0.3, -0.25) is 19.5 Å². The predicted molar refractivity (Wildman–Crippen MR) is 144 cm³/mol. The number of nitrogens with zero attached hydrogens (tertiary/aromatic N) is 4. The zero-order chi connectivity index (χ0) is 25.8. The SMILES string of the molecule is CC(=O)N1CCCCCCCN(Cc2cccnc2)Cc2cc(C(=O)N3C4CCC3CC(O)C4)ccc21. The van der Waals surface area contributed by atoms with Gasteiger partial charge in [-0.2, -0.15) is 0 Å². The molecule has 4 heterocycles. The van der Waals surface area contributed by atoms with Gasteiger partial charge in [0.15, 0.2) is 0 Å². The molecule has 0 saturated carbocycles. The number of hydrogen-bond acceptors (Lipinski definition) is 5. The highest BCUT2D eigenvalue weighted by atomic mass is 16.3. The average Bonchev–Trinajstić information content (AvgIpc) is 3.15. The molecule has 1 aromatic carbocycles. The van der Waals surface area contributed by atoms with Crippen molar-refractivity contribution in [2.24, 2.45) is 0 Å². The molecular weight excluding hydrogens is 464 g/mol. The molecule has 37 heavy (non-hydrogen) atoms. The van der Waals surface area contributed by atoms with E-state index < -0.39 is 0 Å². The Bertz CT molecular complexity index is 1080. The van der Waals surface area contributed by atoms with Crippen molar-refractivity contribution in [3.05, 3.63) is 59.4 Å². The molecule has 7 nitrogen and oxygen atoms in total. The number of rotatable bonds is 3. The van der Waals surface area contributed by atoms with Gasteiger partial charge >= 0.3 is 0 Å². The molecule has 0 spiro atoms. The van der Waals surface area contributed by atoms with E-state index >= 15 is 0 Å². The third kappa shape index (κ3) is 6.04. The zero-order valence-electron chi connectivity index (χ0n) is 22.0. The Balaban J connectivity index is 1.48. The van der Waals surface area contributed by atoms with Crippen LogP contribution in [-0.4, -0.2) is 63.0 Å². The summed E-state index contributed by atoms with van der Waals surface area (Å²) in [6.45, 7) is 4.74. The lowest BCUT2D eigenvalue weighted by atomic mass is 9.97. The predicted octanol–water partition coefficient (Wildman–Crippen LogP) is 4.53. The summed E-state index contributed by atoms with van der Waals surface area (Å²) in [6.07, 6.45) is 12.3. The Labute approximate surface area is 220 Å². The average molecular weight is 505 g/mol. The van der Waals surface area contributed by atoms with Crippen LogP contribution in [0, 0.1) is 0 Å². The minimum atomic E-state index is -0.303. The highest BCUT2D eigenvalue weighted by Gasteiger charge is 2.43. The summed E-state index contributed by atoms with van der Waals surface area (Å²) in [5.41, 5.74) is 3.78. The number of benzene rings is 1. The van der Waals surface area contributed by atoms with Crippen molar-refractivity contribution in [3.63, 3.8) is 0 Å². The third-order valence-corrected chi connectivity index (χ3v) is 8.32. The van der Waals surface area contributed by atoms with Crippen molar-refractivity contribution in [3.8, 4) is 0 Å². The Kier molecular flexibility index (Phi) is 8.20. The van der Waals surface area contributed by atoms with Crippen LogP contribution in [0.4, 0.5) is 5.69 Å². The van der Waals surface area contributed by atoms with Gasteiger partial charge in [-0.25, -0.2) is 0 Å². The summed E-state index contributed by atoms with van der Waals surface area (Å²) in [7, 11) is 0. The normalized spacial score (nSPS) is 25.2. The van der Waals surface area contributed by atoms with E-state index in [2.05, 4.69) is 16.0 Å². The van der Waals surface area contributed by atoms with Gasteiger partial charge in [0, 0.05) is 62.3 Å². The number of pyridine rings is 1. The number of anilines is 1. The Morgan fingerprint density at radius 1 is 1.00 bits per heavy atom. The van der Waals surface area contributed by atoms with Crippen LogP contribution >= 0.6 is 0 Å². The number of carbonyl (C=O) groups excluding carboxylic acids is 2. The maximum Gasteiger partial charge on any atom is 0.254 e. The maximum atomic E-state index is 13.8. The van der Waals surface area contributed by atoms with Crippen LogP contribution in [0.1, 0.15) is 86.2 Å². The summed E-state index contributed by atoms with van der Waals surface area (Å²) in [5, 5.41) is 10.2. The Hall–Kier alpha value is -2.77. The lowest BCUT2D eigenvalue weighted by Crippen LogP contribution is -2.48. The first-order valence-electron chi connectivity index (χ1n) is 14.0. The highest BCUT2D eigenvalue weighted by molar-refractivity contribution is 5.97. The van der Waals surface area contributed by atoms with Crippen LogP contribution < -0.4 is 4.90 Å². The van der Waals surface area contributed by atoms with Crippen molar-refractivity contribution >= 4 is 17.5 Å². The van der Waals surface area contributed by atoms with E-state index in [0.29, 0.717) is 31.5 Å². The second-order valence-electron chi connectivity index (χ2n) is 11.1. The molecule has 7 heteroatoms. The molecule has 3 aliphatic heterocycles. The lowest BCUT2D eigenvalue weighted by Gasteiger charge is -2.37. The van der Waals surface area contributed by atoms with Crippen molar-refractivity contribution in [1.82, 2.24) is 14.8 Å². The first-order chi connectivity index (χ1) is 18.0. The molecule has 0 radical (unpaired) electrons. The van der Waals surface area contributed by atoms with E-state index in [9.17, 15) is 14.7 Å². The molecule has 0 aliphatic carbocycles. The minimum absolute atomic E-state index is 0.0410. The van der Waals surface area contributed by atoms with Gasteiger partial charge in [0.2, 0.25) is 5.91 Å². The van der Waals surface area contributed by atoms with Gasteiger partial charge in [-0.1, -0.05) is 25.3 Å². The minimum Gasteiger partial charge on any atom is -0.393 e. The van der Waals surface area contributed by atoms with E-state index in [1.165, 1.54) is 12.8 Å². The monoisotopic (exact) mass is 504 g/mol. The van der Waals surface area contributed by atoms with Gasteiger partial charge in [0.1, 0.15) is 0 Å². The zero-order valence-corrected chi connectivity index (χ0v) is 22.0. The van der Waals surface area contributed by atoms with E-state index in [4.69, 9.17) is 0 Å². The number of carbonyl (C=O) groups is 2. The van der Waals surface area contributed by atoms with Gasteiger partial charge in [-0.05, 0) is 80.5 Å². The van der Waals surface area contributed by atoms with Crippen LogP contribution in [0.2, 0.25) is 0 Å². The van der Waals surface area contributed by atoms with Gasteiger partial charge < -0.3 is 14.9 Å². The first-order valence-corrected chi connectivity index (χ1v) is 14.0. The summed E-state index contributed by atoms with van der Waals surface area (Å²) in [5.74, 6) is 0.0979. The number of fused-ring (bicyclic) bond motifs is 3. The fourth-order valence-corrected chi connectivity index (χ4v) is 6.53. The fraction of sp³-hybridized carbons (Fsp3) is 0.567. The summed E-state index contributed by atoms with van der Waals surface area (Å²) in [6, 6.07) is 10.2. The molecule has 1 N–H and O–H groups in total. The molecular formula is C30H40N4O3. The maximum absolute atomic E-state index is 13.8. The number of aliphatic hydroxyl groups excluding tert-OH is 1. The Morgan fingerprint density at radius 3 is 2.43 bits per heavy atom. The second kappa shape index (κ2) is 11.7. The van der Waals surface area contributed by atoms with Gasteiger partial charge in [0.05, 0.1) is 6.10 Å². The molecule has 198 valence electrons. The summed E-state index contributed by atoms with van der Waals surface area (Å²) < 4.78 is 0. The topological polar surface area (TPSA) is 77.0 Å². The number of piperidine rings is 1. The van der Waals surface area contributed by atoms with E-state index in [1.54, 1.807) is 13.1 Å². The van der Waals surface area contributed by atoms with E-state index in [0.717, 1.165) is 62.0 Å². The van der Waals surface area contributed by atoms with Crippen LogP contribution in [0.15, 0.2) is 42.7 Å². The second-order valence-corrected chi connectivity index (χ2v) is 11.1. The standard InChI is InChI=1S/C30H40N4O3/c1-22(35)33-15-6-4-2-3-5-14-32(20-23-8-7-13-31-19-23)21-25-16-24(9-12-29(25)33)30(37)34-26-10-11-27(34)18-28(36)17-26/h7-9,12-13,16,19,26-28,36H,2-6,10-11,14-15,17-18,20-21H2,1H3. The molecule has 2 amide bonds. The number of aromatic nitrogens is 1. The molecule has 2 bridgehead atoms. The largest absolute Gasteiger partial charge is 0.393 e. The van der Waals surface area contributed by atoms with Crippen LogP contribution in [0.5, 0.6) is 0 Å². The summed E-state index contributed by atoms with van der Waals surface area (Å²) in [4.78, 5) is 37.2. The van der Waals surface area contributed by atoms with Crippen LogP contribution in [0.25, 0.3) is 0 Å². The summed E-state index contributed by atoms with van der Waals surface area (Å²) >= 11 is 0. The number of aliphatic hydroxyl groups is 1. The van der Waals surface area contributed by atoms with Crippen LogP contribution in [-0.2, 0) is 17.9 Å². The van der Waals surface area contributed by atoms with E-state index in [-0.39, 0.29) is 30.0 Å². The third-order valence-electron chi connectivity index (χ3n) is 8.32. The van der Waals surface area contributed by atoms with Crippen molar-refractivity contribution in [2.45, 2.75) is 96.0 Å². The molecule has 2 atom stereocenters. The molecule has 3 aliphatic rings. The van der Waals surface area contributed by atoms with Gasteiger partial charge in [0.25, 0.3) is 5.91 Å².